The maximum Gasteiger partial charge on any atom is 0.240 e. The van der Waals surface area contributed by atoms with Gasteiger partial charge in [-0.1, -0.05) is 6.92 Å². The third kappa shape index (κ3) is 3.87. The summed E-state index contributed by atoms with van der Waals surface area (Å²) in [5, 5.41) is 19.0. The summed E-state index contributed by atoms with van der Waals surface area (Å²) in [5.74, 6) is 1.08. The lowest BCUT2D eigenvalue weighted by molar-refractivity contribution is -0.141. The summed E-state index contributed by atoms with van der Waals surface area (Å²) in [6, 6.07) is 2.26. The molecule has 0 bridgehead atoms. The zero-order chi connectivity index (χ0) is 17.0. The normalized spacial score (nSPS) is 31.3. The minimum absolute atomic E-state index is 0.0588. The fraction of sp³-hybridized carbons (Fsp3) is 0.889. The summed E-state index contributed by atoms with van der Waals surface area (Å²) in [5.41, 5.74) is -0.624. The monoisotopic (exact) mass is 321 g/mol. The van der Waals surface area contributed by atoms with Crippen LogP contribution in [-0.2, 0) is 4.79 Å². The van der Waals surface area contributed by atoms with Gasteiger partial charge >= 0.3 is 0 Å². The van der Waals surface area contributed by atoms with Crippen LogP contribution in [0.5, 0.6) is 0 Å². The van der Waals surface area contributed by atoms with Gasteiger partial charge in [0, 0.05) is 13.7 Å². The van der Waals surface area contributed by atoms with Crippen molar-refractivity contribution in [2.75, 3.05) is 26.7 Å². The van der Waals surface area contributed by atoms with Crippen LogP contribution < -0.4 is 0 Å². The van der Waals surface area contributed by atoms with E-state index in [1.807, 2.05) is 6.92 Å². The number of carbonyl (C=O) groups excluding carboxylic acids is 1. The Bertz CT molecular complexity index is 444. The Morgan fingerprint density at radius 1 is 1.35 bits per heavy atom. The molecule has 23 heavy (non-hydrogen) atoms. The minimum atomic E-state index is -0.624. The van der Waals surface area contributed by atoms with Crippen molar-refractivity contribution in [3.05, 3.63) is 0 Å². The highest BCUT2D eigenvalue weighted by atomic mass is 16.3. The molecule has 5 nitrogen and oxygen atoms in total. The highest BCUT2D eigenvalue weighted by Gasteiger charge is 2.42. The smallest absolute Gasteiger partial charge is 0.240 e. The number of likely N-dealkylation sites (tertiary alicyclic amines) is 1. The molecule has 1 amide bonds. The SMILES string of the molecule is CC1CCC(C#N)(N(C)C(=O)C(C)N2CCC(CO)CC2)CC1. The summed E-state index contributed by atoms with van der Waals surface area (Å²) in [4.78, 5) is 16.8. The topological polar surface area (TPSA) is 67.6 Å². The van der Waals surface area contributed by atoms with Crippen molar-refractivity contribution in [3.63, 3.8) is 0 Å². The number of piperidine rings is 1. The van der Waals surface area contributed by atoms with Crippen molar-refractivity contribution >= 4 is 5.91 Å². The maximum absolute atomic E-state index is 12.9. The van der Waals surface area contributed by atoms with Crippen molar-refractivity contribution in [1.82, 2.24) is 9.80 Å². The summed E-state index contributed by atoms with van der Waals surface area (Å²) in [7, 11) is 1.80. The predicted molar refractivity (Wildman–Crippen MR) is 89.6 cm³/mol. The number of nitrogens with zero attached hydrogens (tertiary/aromatic N) is 3. The molecule has 1 atom stereocenters. The molecule has 1 unspecified atom stereocenters. The quantitative estimate of drug-likeness (QED) is 0.860. The van der Waals surface area contributed by atoms with Crippen molar-refractivity contribution in [2.24, 2.45) is 11.8 Å². The molecule has 1 heterocycles. The van der Waals surface area contributed by atoms with Gasteiger partial charge in [-0.15, -0.1) is 0 Å². The Hall–Kier alpha value is -1.12. The van der Waals surface area contributed by atoms with Crippen molar-refractivity contribution in [2.45, 2.75) is 64.0 Å². The number of aliphatic hydroxyl groups excluding tert-OH is 1. The summed E-state index contributed by atoms with van der Waals surface area (Å²) in [6.45, 7) is 6.11. The highest BCUT2D eigenvalue weighted by molar-refractivity contribution is 5.82. The Balaban J connectivity index is 1.99. The first kappa shape index (κ1) is 18.2. The fourth-order valence-corrected chi connectivity index (χ4v) is 3.93. The average molecular weight is 321 g/mol. The number of nitriles is 1. The number of likely N-dealkylation sites (N-methyl/N-ethyl adjacent to an activating group) is 1. The van der Waals surface area contributed by atoms with E-state index in [4.69, 9.17) is 0 Å². The van der Waals surface area contributed by atoms with Crippen molar-refractivity contribution in [3.8, 4) is 6.07 Å². The van der Waals surface area contributed by atoms with E-state index < -0.39 is 5.54 Å². The Morgan fingerprint density at radius 2 is 1.91 bits per heavy atom. The van der Waals surface area contributed by atoms with Gasteiger partial charge in [0.1, 0.15) is 5.54 Å². The highest BCUT2D eigenvalue weighted by Crippen LogP contribution is 2.36. The van der Waals surface area contributed by atoms with E-state index in [0.29, 0.717) is 11.8 Å². The zero-order valence-corrected chi connectivity index (χ0v) is 14.8. The van der Waals surface area contributed by atoms with Crippen LogP contribution in [0.1, 0.15) is 52.4 Å². The fourth-order valence-electron chi connectivity index (χ4n) is 3.93. The molecule has 0 aromatic rings. The molecule has 5 heteroatoms. The number of amides is 1. The predicted octanol–water partition coefficient (Wildman–Crippen LogP) is 2.01. The van der Waals surface area contributed by atoms with Crippen molar-refractivity contribution in [1.29, 1.82) is 5.26 Å². The number of aliphatic hydroxyl groups is 1. The summed E-state index contributed by atoms with van der Waals surface area (Å²) in [6.07, 6.45) is 5.48. The first-order valence-corrected chi connectivity index (χ1v) is 8.97. The molecule has 0 spiro atoms. The molecule has 1 saturated carbocycles. The van der Waals surface area contributed by atoms with E-state index in [2.05, 4.69) is 17.9 Å². The lowest BCUT2D eigenvalue weighted by Crippen LogP contribution is -2.57. The van der Waals surface area contributed by atoms with Gasteiger partial charge in [0.25, 0.3) is 0 Å². The molecule has 2 aliphatic rings. The van der Waals surface area contributed by atoms with Gasteiger partial charge in [0.2, 0.25) is 5.91 Å². The molecule has 1 saturated heterocycles. The minimum Gasteiger partial charge on any atom is -0.396 e. The molecule has 2 rings (SSSR count). The Morgan fingerprint density at radius 3 is 2.39 bits per heavy atom. The van der Waals surface area contributed by atoms with Gasteiger partial charge in [0.05, 0.1) is 12.1 Å². The van der Waals surface area contributed by atoms with Gasteiger partial charge in [-0.25, -0.2) is 0 Å². The molecule has 130 valence electrons. The molecule has 1 N–H and O–H groups in total. The third-order valence-electron chi connectivity index (χ3n) is 6.09. The second kappa shape index (κ2) is 7.63. The van der Waals surface area contributed by atoms with Crippen LogP contribution in [0.15, 0.2) is 0 Å². The number of hydrogen-bond acceptors (Lipinski definition) is 4. The lowest BCUT2D eigenvalue weighted by atomic mass is 9.77. The second-order valence-corrected chi connectivity index (χ2v) is 7.56. The number of hydrogen-bond donors (Lipinski definition) is 1. The van der Waals surface area contributed by atoms with Crippen LogP contribution in [0, 0.1) is 23.2 Å². The molecular formula is C18H31N3O2. The van der Waals surface area contributed by atoms with Crippen LogP contribution in [0.4, 0.5) is 0 Å². The number of rotatable bonds is 4. The van der Waals surface area contributed by atoms with Gasteiger partial charge in [-0.05, 0) is 70.4 Å². The third-order valence-corrected chi connectivity index (χ3v) is 6.09. The van der Waals surface area contributed by atoms with Crippen LogP contribution in [0.2, 0.25) is 0 Å². The summed E-state index contributed by atoms with van der Waals surface area (Å²) >= 11 is 0. The van der Waals surface area contributed by atoms with E-state index in [1.165, 1.54) is 0 Å². The van der Waals surface area contributed by atoms with Gasteiger partial charge < -0.3 is 10.0 Å². The van der Waals surface area contributed by atoms with Crippen LogP contribution in [0.3, 0.4) is 0 Å². The first-order chi connectivity index (χ1) is 10.9. The van der Waals surface area contributed by atoms with E-state index in [-0.39, 0.29) is 18.6 Å². The molecule has 0 aromatic carbocycles. The van der Waals surface area contributed by atoms with E-state index >= 15 is 0 Å². The van der Waals surface area contributed by atoms with Crippen LogP contribution in [0.25, 0.3) is 0 Å². The Labute approximate surface area is 140 Å². The van der Waals surface area contributed by atoms with Crippen LogP contribution >= 0.6 is 0 Å². The van der Waals surface area contributed by atoms with Crippen LogP contribution in [-0.4, -0.2) is 59.1 Å². The lowest BCUT2D eigenvalue weighted by Gasteiger charge is -2.43. The largest absolute Gasteiger partial charge is 0.396 e. The Kier molecular flexibility index (Phi) is 6.05. The summed E-state index contributed by atoms with van der Waals surface area (Å²) < 4.78 is 0. The van der Waals surface area contributed by atoms with E-state index in [1.54, 1.807) is 11.9 Å². The molecular weight excluding hydrogens is 290 g/mol. The second-order valence-electron chi connectivity index (χ2n) is 7.56. The molecule has 1 aliphatic carbocycles. The van der Waals surface area contributed by atoms with Gasteiger partial charge in [-0.2, -0.15) is 5.26 Å². The zero-order valence-electron chi connectivity index (χ0n) is 14.8. The maximum atomic E-state index is 12.9. The standard InChI is InChI=1S/C18H31N3O2/c1-14-4-8-18(13-19,9-5-14)20(3)17(23)15(2)21-10-6-16(12-22)7-11-21/h14-16,22H,4-12H2,1-3H3. The first-order valence-electron chi connectivity index (χ1n) is 8.97. The van der Waals surface area contributed by atoms with E-state index in [9.17, 15) is 15.2 Å². The molecule has 0 aromatic heterocycles. The van der Waals surface area contributed by atoms with E-state index in [0.717, 1.165) is 51.6 Å². The van der Waals surface area contributed by atoms with Gasteiger partial charge in [0.15, 0.2) is 0 Å². The van der Waals surface area contributed by atoms with Gasteiger partial charge in [-0.3, -0.25) is 9.69 Å². The number of carbonyl (C=O) groups is 1. The molecule has 1 aliphatic heterocycles. The van der Waals surface area contributed by atoms with Crippen molar-refractivity contribution < 1.29 is 9.90 Å². The average Bonchev–Trinajstić information content (AvgIpc) is 2.61. The molecule has 2 fully saturated rings. The molecule has 0 radical (unpaired) electrons.